The number of halogens is 1. The highest BCUT2D eigenvalue weighted by molar-refractivity contribution is 6.32. The van der Waals surface area contributed by atoms with E-state index in [1.165, 1.54) is 0 Å². The molecule has 0 atom stereocenters. The second-order valence-electron chi connectivity index (χ2n) is 4.61. The third-order valence-electron chi connectivity index (χ3n) is 2.96. The van der Waals surface area contributed by atoms with Crippen molar-refractivity contribution in [3.63, 3.8) is 0 Å². The first-order valence-corrected chi connectivity index (χ1v) is 7.22. The lowest BCUT2D eigenvalue weighted by molar-refractivity contribution is -0.120. The Balaban J connectivity index is 1.87. The second-order valence-corrected chi connectivity index (χ2v) is 5.02. The first-order valence-electron chi connectivity index (χ1n) is 6.84. The van der Waals surface area contributed by atoms with Crippen LogP contribution in [0.15, 0.2) is 48.5 Å². The van der Waals surface area contributed by atoms with Gasteiger partial charge in [-0.25, -0.2) is 0 Å². The van der Waals surface area contributed by atoms with Gasteiger partial charge in [-0.2, -0.15) is 5.26 Å². The summed E-state index contributed by atoms with van der Waals surface area (Å²) in [5.41, 5.74) is 1.07. The smallest absolute Gasteiger partial charge is 0.234 e. The molecule has 5 heteroatoms. The van der Waals surface area contributed by atoms with Crippen molar-refractivity contribution < 1.29 is 9.53 Å². The van der Waals surface area contributed by atoms with Gasteiger partial charge in [-0.05, 0) is 36.2 Å². The van der Waals surface area contributed by atoms with E-state index in [-0.39, 0.29) is 12.3 Å². The molecule has 2 aromatic carbocycles. The van der Waals surface area contributed by atoms with E-state index >= 15 is 0 Å². The van der Waals surface area contributed by atoms with E-state index in [1.54, 1.807) is 12.1 Å². The number of nitrogens with one attached hydrogen (secondary N) is 1. The molecule has 0 aliphatic rings. The molecule has 0 fully saturated rings. The average molecular weight is 315 g/mol. The average Bonchev–Trinajstić information content (AvgIpc) is 2.51. The summed E-state index contributed by atoms with van der Waals surface area (Å²) in [5, 5.41) is 11.6. The van der Waals surface area contributed by atoms with E-state index in [1.807, 2.05) is 42.5 Å². The summed E-state index contributed by atoms with van der Waals surface area (Å²) in [6.45, 7) is 0.505. The van der Waals surface area contributed by atoms with Crippen molar-refractivity contribution >= 4 is 17.5 Å². The van der Waals surface area contributed by atoms with E-state index in [2.05, 4.69) is 5.32 Å². The van der Waals surface area contributed by atoms with Gasteiger partial charge in [-0.3, -0.25) is 4.79 Å². The van der Waals surface area contributed by atoms with Crippen LogP contribution in [0.3, 0.4) is 0 Å². The van der Waals surface area contributed by atoms with Crippen LogP contribution in [-0.4, -0.2) is 12.5 Å². The number of nitriles is 1. The van der Waals surface area contributed by atoms with Crippen LogP contribution in [0.4, 0.5) is 0 Å². The van der Waals surface area contributed by atoms with Crippen LogP contribution in [0.1, 0.15) is 12.0 Å². The van der Waals surface area contributed by atoms with Crippen LogP contribution in [0.25, 0.3) is 0 Å². The Bertz CT molecular complexity index is 678. The summed E-state index contributed by atoms with van der Waals surface area (Å²) in [7, 11) is 0. The first-order chi connectivity index (χ1) is 10.7. The molecule has 0 spiro atoms. The number of ether oxygens (including phenoxy) is 1. The number of carbonyl (C=O) groups excluding carboxylic acids is 1. The van der Waals surface area contributed by atoms with E-state index < -0.39 is 0 Å². The maximum absolute atomic E-state index is 11.2. The Morgan fingerprint density at radius 1 is 1.18 bits per heavy atom. The van der Waals surface area contributed by atoms with Crippen LogP contribution in [0.2, 0.25) is 5.02 Å². The van der Waals surface area contributed by atoms with E-state index in [0.717, 1.165) is 5.56 Å². The predicted molar refractivity (Wildman–Crippen MR) is 84.9 cm³/mol. The zero-order valence-corrected chi connectivity index (χ0v) is 12.6. The highest BCUT2D eigenvalue weighted by Crippen LogP contribution is 2.28. The molecule has 1 amide bonds. The lowest BCUT2D eigenvalue weighted by Gasteiger charge is -2.08. The van der Waals surface area contributed by atoms with Crippen molar-refractivity contribution in [1.29, 1.82) is 5.26 Å². The van der Waals surface area contributed by atoms with Gasteiger partial charge in [0, 0.05) is 6.54 Å². The number of rotatable bonds is 6. The number of carbonyl (C=O) groups is 1. The highest BCUT2D eigenvalue weighted by atomic mass is 35.5. The van der Waals surface area contributed by atoms with Crippen LogP contribution in [-0.2, 0) is 11.2 Å². The largest absolute Gasteiger partial charge is 0.456 e. The third-order valence-corrected chi connectivity index (χ3v) is 3.28. The molecule has 0 saturated carbocycles. The lowest BCUT2D eigenvalue weighted by atomic mass is 10.1. The van der Waals surface area contributed by atoms with E-state index in [9.17, 15) is 4.79 Å². The minimum absolute atomic E-state index is 0.107. The van der Waals surface area contributed by atoms with Gasteiger partial charge in [0.1, 0.15) is 17.9 Å². The van der Waals surface area contributed by atoms with Crippen molar-refractivity contribution in [2.75, 3.05) is 6.54 Å². The Hall–Kier alpha value is -2.51. The quantitative estimate of drug-likeness (QED) is 0.884. The van der Waals surface area contributed by atoms with Crippen molar-refractivity contribution in [3.05, 3.63) is 59.1 Å². The van der Waals surface area contributed by atoms with Gasteiger partial charge < -0.3 is 10.1 Å². The second kappa shape index (κ2) is 8.06. The number of amides is 1. The van der Waals surface area contributed by atoms with Gasteiger partial charge >= 0.3 is 0 Å². The third kappa shape index (κ3) is 4.80. The predicted octanol–water partition coefficient (Wildman–Crippen LogP) is 3.70. The first kappa shape index (κ1) is 15.9. The molecule has 1 N–H and O–H groups in total. The van der Waals surface area contributed by atoms with Crippen LogP contribution < -0.4 is 10.1 Å². The molecule has 112 valence electrons. The monoisotopic (exact) mass is 314 g/mol. The molecular weight excluding hydrogens is 300 g/mol. The Labute approximate surface area is 134 Å². The summed E-state index contributed by atoms with van der Waals surface area (Å²) >= 11 is 6.04. The fraction of sp³-hybridized carbons (Fsp3) is 0.176. The molecule has 0 radical (unpaired) electrons. The molecular formula is C17H15ClN2O2. The molecule has 2 aromatic rings. The molecule has 22 heavy (non-hydrogen) atoms. The standard InChI is InChI=1S/C17H15ClN2O2/c18-15-3-1-2-4-16(15)22-14-7-5-13(6-8-14)10-12-20-17(21)9-11-19/h1-8H,9-10,12H2,(H,20,21). The van der Waals surface area contributed by atoms with Crippen molar-refractivity contribution in [2.24, 2.45) is 0 Å². The molecule has 0 aliphatic heterocycles. The summed E-state index contributed by atoms with van der Waals surface area (Å²) in [6, 6.07) is 16.7. The Kier molecular flexibility index (Phi) is 5.81. The van der Waals surface area contributed by atoms with Crippen molar-refractivity contribution in [3.8, 4) is 17.6 Å². The SMILES string of the molecule is N#CCC(=O)NCCc1ccc(Oc2ccccc2Cl)cc1. The molecule has 0 unspecified atom stereocenters. The molecule has 0 bridgehead atoms. The minimum atomic E-state index is -0.249. The van der Waals surface area contributed by atoms with Crippen LogP contribution in [0.5, 0.6) is 11.5 Å². The zero-order valence-electron chi connectivity index (χ0n) is 11.9. The Morgan fingerprint density at radius 3 is 2.59 bits per heavy atom. The summed E-state index contributed by atoms with van der Waals surface area (Å²) in [5.74, 6) is 1.06. The van der Waals surface area contributed by atoms with Crippen molar-refractivity contribution in [1.82, 2.24) is 5.32 Å². The molecule has 0 heterocycles. The van der Waals surface area contributed by atoms with Gasteiger partial charge in [-0.15, -0.1) is 0 Å². The normalized spacial score (nSPS) is 9.82. The van der Waals surface area contributed by atoms with Crippen LogP contribution in [0, 0.1) is 11.3 Å². The summed E-state index contributed by atoms with van der Waals surface area (Å²) in [6.07, 6.45) is 0.591. The highest BCUT2D eigenvalue weighted by Gasteiger charge is 2.03. The van der Waals surface area contributed by atoms with Crippen molar-refractivity contribution in [2.45, 2.75) is 12.8 Å². The maximum Gasteiger partial charge on any atom is 0.234 e. The Morgan fingerprint density at radius 2 is 1.91 bits per heavy atom. The topological polar surface area (TPSA) is 62.1 Å². The maximum atomic E-state index is 11.2. The number of benzene rings is 2. The zero-order chi connectivity index (χ0) is 15.8. The molecule has 0 aliphatic carbocycles. The number of hydrogen-bond donors (Lipinski definition) is 1. The molecule has 2 rings (SSSR count). The lowest BCUT2D eigenvalue weighted by Crippen LogP contribution is -2.24. The molecule has 4 nitrogen and oxygen atoms in total. The van der Waals surface area contributed by atoms with E-state index in [0.29, 0.717) is 29.5 Å². The fourth-order valence-corrected chi connectivity index (χ4v) is 2.03. The number of hydrogen-bond acceptors (Lipinski definition) is 3. The van der Waals surface area contributed by atoms with E-state index in [4.69, 9.17) is 21.6 Å². The minimum Gasteiger partial charge on any atom is -0.456 e. The summed E-state index contributed by atoms with van der Waals surface area (Å²) < 4.78 is 5.70. The fourth-order valence-electron chi connectivity index (χ4n) is 1.86. The summed E-state index contributed by atoms with van der Waals surface area (Å²) in [4.78, 5) is 11.2. The molecule has 0 saturated heterocycles. The van der Waals surface area contributed by atoms with Gasteiger partial charge in [0.05, 0.1) is 11.1 Å². The van der Waals surface area contributed by atoms with Gasteiger partial charge in [-0.1, -0.05) is 35.9 Å². The van der Waals surface area contributed by atoms with Gasteiger partial charge in [0.15, 0.2) is 0 Å². The van der Waals surface area contributed by atoms with Gasteiger partial charge in [0.25, 0.3) is 0 Å². The molecule has 0 aromatic heterocycles. The number of nitrogens with zero attached hydrogens (tertiary/aromatic N) is 1. The number of para-hydroxylation sites is 1. The van der Waals surface area contributed by atoms with Gasteiger partial charge in [0.2, 0.25) is 5.91 Å². The van der Waals surface area contributed by atoms with Crippen LogP contribution >= 0.6 is 11.6 Å².